The van der Waals surface area contributed by atoms with Crippen molar-refractivity contribution in [1.29, 1.82) is 0 Å². The summed E-state index contributed by atoms with van der Waals surface area (Å²) in [5.41, 5.74) is 7.61. The zero-order valence-corrected chi connectivity index (χ0v) is 10.1. The molecule has 1 unspecified atom stereocenters. The van der Waals surface area contributed by atoms with Crippen LogP contribution >= 0.6 is 0 Å². The normalized spacial score (nSPS) is 20.4. The summed E-state index contributed by atoms with van der Waals surface area (Å²) < 4.78 is 11.3. The first-order chi connectivity index (χ1) is 8.40. The van der Waals surface area contributed by atoms with E-state index < -0.39 is 0 Å². The van der Waals surface area contributed by atoms with Crippen LogP contribution in [0.15, 0.2) is 18.3 Å². The molecule has 0 aliphatic carbocycles. The first-order valence-corrected chi connectivity index (χ1v) is 6.22. The lowest BCUT2D eigenvalue weighted by atomic mass is 10.1. The molecule has 4 heteroatoms. The van der Waals surface area contributed by atoms with Gasteiger partial charge in [0.2, 0.25) is 0 Å². The van der Waals surface area contributed by atoms with Gasteiger partial charge in [0, 0.05) is 24.9 Å². The van der Waals surface area contributed by atoms with E-state index in [1.165, 1.54) is 12.8 Å². The summed E-state index contributed by atoms with van der Waals surface area (Å²) in [7, 11) is 0. The van der Waals surface area contributed by atoms with Gasteiger partial charge >= 0.3 is 0 Å². The Morgan fingerprint density at radius 2 is 2.41 bits per heavy atom. The number of nitrogens with zero attached hydrogens (tertiary/aromatic N) is 1. The summed E-state index contributed by atoms with van der Waals surface area (Å²) in [6.45, 7) is 2.56. The van der Waals surface area contributed by atoms with Gasteiger partial charge in [0.25, 0.3) is 0 Å². The summed E-state index contributed by atoms with van der Waals surface area (Å²) in [5, 5.41) is 0. The lowest BCUT2D eigenvalue weighted by Gasteiger charge is -2.22. The predicted molar refractivity (Wildman–Crippen MR) is 65.4 cm³/mol. The van der Waals surface area contributed by atoms with Gasteiger partial charge in [0.05, 0.1) is 25.0 Å². The molecule has 1 aromatic rings. The summed E-state index contributed by atoms with van der Waals surface area (Å²) in [4.78, 5) is 4.23. The standard InChI is InChI=1S/C13H20N2O2/c14-8-13-11(4-3-6-15-13)9-16-10-12-5-1-2-7-17-12/h3-4,6,12H,1-2,5,7-10,14H2. The maximum Gasteiger partial charge on any atom is 0.0808 e. The van der Waals surface area contributed by atoms with Gasteiger partial charge in [0.1, 0.15) is 0 Å². The quantitative estimate of drug-likeness (QED) is 0.844. The van der Waals surface area contributed by atoms with Crippen LogP contribution in [0.25, 0.3) is 0 Å². The number of pyridine rings is 1. The van der Waals surface area contributed by atoms with E-state index in [9.17, 15) is 0 Å². The van der Waals surface area contributed by atoms with Crippen LogP contribution in [0.1, 0.15) is 30.5 Å². The summed E-state index contributed by atoms with van der Waals surface area (Å²) in [5.74, 6) is 0. The van der Waals surface area contributed by atoms with Crippen LogP contribution in [0.3, 0.4) is 0 Å². The Morgan fingerprint density at radius 1 is 1.47 bits per heavy atom. The zero-order chi connectivity index (χ0) is 11.9. The van der Waals surface area contributed by atoms with E-state index in [4.69, 9.17) is 15.2 Å². The van der Waals surface area contributed by atoms with Crippen molar-refractivity contribution in [3.63, 3.8) is 0 Å². The van der Waals surface area contributed by atoms with Crippen molar-refractivity contribution >= 4 is 0 Å². The molecule has 0 spiro atoms. The molecule has 0 amide bonds. The van der Waals surface area contributed by atoms with Crippen molar-refractivity contribution in [2.45, 2.75) is 38.5 Å². The van der Waals surface area contributed by atoms with E-state index in [1.807, 2.05) is 12.1 Å². The molecule has 1 aromatic heterocycles. The second-order valence-corrected chi connectivity index (χ2v) is 4.32. The molecule has 1 aliphatic heterocycles. The Morgan fingerprint density at radius 3 is 3.18 bits per heavy atom. The highest BCUT2D eigenvalue weighted by atomic mass is 16.5. The van der Waals surface area contributed by atoms with Gasteiger partial charge < -0.3 is 15.2 Å². The highest BCUT2D eigenvalue weighted by Crippen LogP contribution is 2.14. The monoisotopic (exact) mass is 236 g/mol. The van der Waals surface area contributed by atoms with Crippen molar-refractivity contribution in [3.05, 3.63) is 29.6 Å². The predicted octanol–water partition coefficient (Wildman–Crippen LogP) is 1.63. The third kappa shape index (κ3) is 3.77. The van der Waals surface area contributed by atoms with E-state index in [0.717, 1.165) is 24.3 Å². The summed E-state index contributed by atoms with van der Waals surface area (Å²) in [6, 6.07) is 3.92. The van der Waals surface area contributed by atoms with E-state index in [2.05, 4.69) is 4.98 Å². The molecular formula is C13H20N2O2. The molecule has 0 bridgehead atoms. The Hall–Kier alpha value is -0.970. The molecule has 1 atom stereocenters. The lowest BCUT2D eigenvalue weighted by molar-refractivity contribution is -0.0449. The molecule has 4 nitrogen and oxygen atoms in total. The number of aromatic nitrogens is 1. The molecule has 0 radical (unpaired) electrons. The third-order valence-corrected chi connectivity index (χ3v) is 3.01. The smallest absolute Gasteiger partial charge is 0.0808 e. The highest BCUT2D eigenvalue weighted by Gasteiger charge is 2.13. The van der Waals surface area contributed by atoms with Gasteiger partial charge in [0.15, 0.2) is 0 Å². The van der Waals surface area contributed by atoms with E-state index >= 15 is 0 Å². The molecule has 17 heavy (non-hydrogen) atoms. The SMILES string of the molecule is NCc1ncccc1COCC1CCCCO1. The van der Waals surface area contributed by atoms with E-state index in [1.54, 1.807) is 6.20 Å². The van der Waals surface area contributed by atoms with E-state index in [-0.39, 0.29) is 6.10 Å². The fourth-order valence-electron chi connectivity index (χ4n) is 2.03. The third-order valence-electron chi connectivity index (χ3n) is 3.01. The molecule has 2 heterocycles. The molecule has 94 valence electrons. The van der Waals surface area contributed by atoms with Gasteiger partial charge in [-0.15, -0.1) is 0 Å². The number of hydrogen-bond acceptors (Lipinski definition) is 4. The average Bonchev–Trinajstić information content (AvgIpc) is 2.40. The lowest BCUT2D eigenvalue weighted by Crippen LogP contribution is -2.24. The number of nitrogens with two attached hydrogens (primary N) is 1. The first-order valence-electron chi connectivity index (χ1n) is 6.22. The minimum Gasteiger partial charge on any atom is -0.376 e. The highest BCUT2D eigenvalue weighted by molar-refractivity contribution is 5.18. The van der Waals surface area contributed by atoms with Gasteiger partial charge in [-0.25, -0.2) is 0 Å². The minimum absolute atomic E-state index is 0.266. The second-order valence-electron chi connectivity index (χ2n) is 4.32. The average molecular weight is 236 g/mol. The Kier molecular flexibility index (Phi) is 4.91. The maximum absolute atomic E-state index is 5.68. The fourth-order valence-corrected chi connectivity index (χ4v) is 2.03. The van der Waals surface area contributed by atoms with Crippen LogP contribution < -0.4 is 5.73 Å². The first kappa shape index (κ1) is 12.5. The van der Waals surface area contributed by atoms with E-state index in [0.29, 0.717) is 19.8 Å². The van der Waals surface area contributed by atoms with Gasteiger partial charge in [-0.05, 0) is 25.3 Å². The molecule has 1 aliphatic rings. The van der Waals surface area contributed by atoms with Crippen molar-refractivity contribution in [2.75, 3.05) is 13.2 Å². The van der Waals surface area contributed by atoms with Crippen LogP contribution in [0.2, 0.25) is 0 Å². The molecule has 2 N–H and O–H groups in total. The zero-order valence-electron chi connectivity index (χ0n) is 10.1. The molecule has 1 fully saturated rings. The number of ether oxygens (including phenoxy) is 2. The number of rotatable bonds is 5. The van der Waals surface area contributed by atoms with Gasteiger partial charge in [-0.3, -0.25) is 4.98 Å². The van der Waals surface area contributed by atoms with Crippen molar-refractivity contribution in [2.24, 2.45) is 5.73 Å². The Labute approximate surface area is 102 Å². The topological polar surface area (TPSA) is 57.4 Å². The van der Waals surface area contributed by atoms with Crippen molar-refractivity contribution < 1.29 is 9.47 Å². The maximum atomic E-state index is 5.68. The molecule has 1 saturated heterocycles. The minimum atomic E-state index is 0.266. The summed E-state index contributed by atoms with van der Waals surface area (Å²) >= 11 is 0. The molecule has 2 rings (SSSR count). The summed E-state index contributed by atoms with van der Waals surface area (Å²) in [6.07, 6.45) is 5.56. The van der Waals surface area contributed by atoms with Crippen LogP contribution in [-0.2, 0) is 22.6 Å². The number of hydrogen-bond donors (Lipinski definition) is 1. The largest absolute Gasteiger partial charge is 0.376 e. The van der Waals surface area contributed by atoms with Crippen molar-refractivity contribution in [1.82, 2.24) is 4.98 Å². The van der Waals surface area contributed by atoms with Crippen LogP contribution in [0, 0.1) is 0 Å². The van der Waals surface area contributed by atoms with Gasteiger partial charge in [-0.1, -0.05) is 6.07 Å². The van der Waals surface area contributed by atoms with Gasteiger partial charge in [-0.2, -0.15) is 0 Å². The van der Waals surface area contributed by atoms with Crippen LogP contribution in [0.5, 0.6) is 0 Å². The van der Waals surface area contributed by atoms with Crippen LogP contribution in [0.4, 0.5) is 0 Å². The second kappa shape index (κ2) is 6.69. The Bertz CT molecular complexity index is 338. The van der Waals surface area contributed by atoms with Crippen LogP contribution in [-0.4, -0.2) is 24.3 Å². The fraction of sp³-hybridized carbons (Fsp3) is 0.615. The molecular weight excluding hydrogens is 216 g/mol. The Balaban J connectivity index is 1.77. The molecule has 0 aromatic carbocycles. The molecule has 0 saturated carbocycles. The van der Waals surface area contributed by atoms with Crippen molar-refractivity contribution in [3.8, 4) is 0 Å².